The van der Waals surface area contributed by atoms with Crippen molar-refractivity contribution in [2.75, 3.05) is 0 Å². The Morgan fingerprint density at radius 1 is 0.944 bits per heavy atom. The van der Waals surface area contributed by atoms with Gasteiger partial charge in [0.05, 0.1) is 16.7 Å². The first-order chi connectivity index (χ1) is 17.2. The van der Waals surface area contributed by atoms with E-state index >= 15 is 0 Å². The number of hydrogen-bond donors (Lipinski definition) is 2. The Hall–Kier alpha value is -4.06. The molecule has 2 N–H and O–H groups in total. The van der Waals surface area contributed by atoms with Gasteiger partial charge in [-0.25, -0.2) is 9.37 Å². The summed E-state index contributed by atoms with van der Waals surface area (Å²) in [5, 5.41) is 12.8. The predicted molar refractivity (Wildman–Crippen MR) is 139 cm³/mol. The number of carbonyl (C=O) groups is 2. The molecule has 4 rings (SSSR count). The summed E-state index contributed by atoms with van der Waals surface area (Å²) >= 11 is 0. The van der Waals surface area contributed by atoms with Crippen LogP contribution in [-0.2, 0) is 16.8 Å². The van der Waals surface area contributed by atoms with Crippen molar-refractivity contribution in [2.24, 2.45) is 0 Å². The van der Waals surface area contributed by atoms with Gasteiger partial charge in [-0.05, 0) is 80.6 Å². The Bertz CT molecular complexity index is 1380. The lowest BCUT2D eigenvalue weighted by Gasteiger charge is -2.27. The molecule has 0 saturated carbocycles. The van der Waals surface area contributed by atoms with Crippen LogP contribution in [0.3, 0.4) is 0 Å². The largest absolute Gasteiger partial charge is 0.481 e. The molecule has 1 heterocycles. The minimum Gasteiger partial charge on any atom is -0.481 e. The summed E-state index contributed by atoms with van der Waals surface area (Å²) in [5.41, 5.74) is 4.27. The molecule has 0 aliphatic rings. The van der Waals surface area contributed by atoms with Gasteiger partial charge in [0.2, 0.25) is 0 Å². The smallest absolute Gasteiger partial charge is 0.303 e. The zero-order chi connectivity index (χ0) is 25.7. The molecule has 6 heteroatoms. The molecule has 1 aromatic heterocycles. The van der Waals surface area contributed by atoms with E-state index in [2.05, 4.69) is 5.32 Å². The van der Waals surface area contributed by atoms with E-state index in [0.29, 0.717) is 18.4 Å². The molecule has 0 spiro atoms. The Morgan fingerprint density at radius 3 is 2.36 bits per heavy atom. The number of fused-ring (bicyclic) bond motifs is 1. The third-order valence-corrected chi connectivity index (χ3v) is 6.28. The normalized spacial score (nSPS) is 11.4. The standard InChI is InChI=1S/C30H29FN2O3/c1-30(2,24-13-15-25(31)16-14-24)33-29(36)22-12-17-26-23(19-22)18-21(10-6-7-11-27(34)35)28(32-26)20-8-4-3-5-9-20/h3-5,8-9,12-19H,6-7,10-11H2,1-2H3,(H,33,36)(H,34,35). The van der Waals surface area contributed by atoms with Crippen molar-refractivity contribution in [3.05, 3.63) is 101 Å². The van der Waals surface area contributed by atoms with E-state index in [1.54, 1.807) is 18.2 Å². The van der Waals surface area contributed by atoms with Crippen LogP contribution in [0.1, 0.15) is 54.6 Å². The fraction of sp³-hybridized carbons (Fsp3) is 0.233. The van der Waals surface area contributed by atoms with Gasteiger partial charge >= 0.3 is 5.97 Å². The molecule has 5 nitrogen and oxygen atoms in total. The van der Waals surface area contributed by atoms with Crippen LogP contribution in [0.5, 0.6) is 0 Å². The molecule has 4 aromatic rings. The van der Waals surface area contributed by atoms with Crippen molar-refractivity contribution in [1.82, 2.24) is 10.3 Å². The molecule has 36 heavy (non-hydrogen) atoms. The molecule has 3 aromatic carbocycles. The number of carboxylic acids is 1. The van der Waals surface area contributed by atoms with Gasteiger partial charge in [0, 0.05) is 22.9 Å². The van der Waals surface area contributed by atoms with Gasteiger partial charge in [0.15, 0.2) is 0 Å². The number of aryl methyl sites for hydroxylation is 1. The second-order valence-electron chi connectivity index (χ2n) is 9.46. The highest BCUT2D eigenvalue weighted by atomic mass is 19.1. The van der Waals surface area contributed by atoms with Gasteiger partial charge in [-0.15, -0.1) is 0 Å². The topological polar surface area (TPSA) is 79.3 Å². The van der Waals surface area contributed by atoms with E-state index in [4.69, 9.17) is 10.1 Å². The number of aliphatic carboxylic acids is 1. The molecule has 0 atom stereocenters. The van der Waals surface area contributed by atoms with Crippen molar-refractivity contribution in [2.45, 2.75) is 45.1 Å². The van der Waals surface area contributed by atoms with Crippen LogP contribution >= 0.6 is 0 Å². The van der Waals surface area contributed by atoms with Gasteiger partial charge in [-0.1, -0.05) is 42.5 Å². The van der Waals surface area contributed by atoms with Crippen molar-refractivity contribution in [3.8, 4) is 11.3 Å². The van der Waals surface area contributed by atoms with Crippen molar-refractivity contribution >= 4 is 22.8 Å². The number of rotatable bonds is 9. The summed E-state index contributed by atoms with van der Waals surface area (Å²) < 4.78 is 13.3. The maximum atomic E-state index is 13.3. The van der Waals surface area contributed by atoms with E-state index < -0.39 is 11.5 Å². The number of aromatic nitrogens is 1. The minimum atomic E-state index is -0.797. The molecule has 0 aliphatic carbocycles. The van der Waals surface area contributed by atoms with E-state index in [1.165, 1.54) is 12.1 Å². The number of carbonyl (C=O) groups excluding carboxylic acids is 1. The van der Waals surface area contributed by atoms with E-state index in [0.717, 1.165) is 39.7 Å². The maximum Gasteiger partial charge on any atom is 0.303 e. The summed E-state index contributed by atoms with van der Waals surface area (Å²) in [6, 6.07) is 23.5. The second kappa shape index (κ2) is 10.7. The predicted octanol–water partition coefficient (Wildman–Crippen LogP) is 6.50. The van der Waals surface area contributed by atoms with E-state index in [1.807, 2.05) is 62.4 Å². The van der Waals surface area contributed by atoms with Gasteiger partial charge in [0.25, 0.3) is 5.91 Å². The number of benzene rings is 3. The summed E-state index contributed by atoms with van der Waals surface area (Å²) in [5.74, 6) is -1.35. The van der Waals surface area contributed by atoms with Gasteiger partial charge < -0.3 is 10.4 Å². The number of nitrogens with one attached hydrogen (secondary N) is 1. The zero-order valence-electron chi connectivity index (χ0n) is 20.4. The number of unbranched alkanes of at least 4 members (excludes halogenated alkanes) is 1. The van der Waals surface area contributed by atoms with E-state index in [-0.39, 0.29) is 18.1 Å². The molecule has 0 radical (unpaired) electrons. The van der Waals surface area contributed by atoms with Crippen LogP contribution in [0.15, 0.2) is 78.9 Å². The van der Waals surface area contributed by atoms with Crippen LogP contribution in [0.4, 0.5) is 4.39 Å². The summed E-state index contributed by atoms with van der Waals surface area (Å²) in [6.45, 7) is 3.75. The summed E-state index contributed by atoms with van der Waals surface area (Å²) in [6.07, 6.45) is 2.14. The molecule has 0 aliphatic heterocycles. The molecule has 0 saturated heterocycles. The number of halogens is 1. The van der Waals surface area contributed by atoms with Crippen LogP contribution in [0.2, 0.25) is 0 Å². The third kappa shape index (κ3) is 5.95. The molecule has 0 bridgehead atoms. The minimum absolute atomic E-state index is 0.135. The van der Waals surface area contributed by atoms with Crippen molar-refractivity contribution in [1.29, 1.82) is 0 Å². The first kappa shape index (κ1) is 25.0. The number of carboxylic acid groups (broad SMARTS) is 1. The number of nitrogens with zero attached hydrogens (tertiary/aromatic N) is 1. The lowest BCUT2D eigenvalue weighted by Crippen LogP contribution is -2.41. The fourth-order valence-electron chi connectivity index (χ4n) is 4.28. The van der Waals surface area contributed by atoms with Crippen LogP contribution in [0.25, 0.3) is 22.2 Å². The second-order valence-corrected chi connectivity index (χ2v) is 9.46. The molecule has 184 valence electrons. The van der Waals surface area contributed by atoms with Crippen molar-refractivity contribution < 1.29 is 19.1 Å². The lowest BCUT2D eigenvalue weighted by atomic mass is 9.93. The molecule has 1 amide bonds. The van der Waals surface area contributed by atoms with Gasteiger partial charge in [0.1, 0.15) is 5.82 Å². The Morgan fingerprint density at radius 2 is 1.67 bits per heavy atom. The van der Waals surface area contributed by atoms with Gasteiger partial charge in [-0.2, -0.15) is 0 Å². The number of hydrogen-bond acceptors (Lipinski definition) is 3. The monoisotopic (exact) mass is 484 g/mol. The molecular weight excluding hydrogens is 455 g/mol. The van der Waals surface area contributed by atoms with E-state index in [9.17, 15) is 14.0 Å². The zero-order valence-corrected chi connectivity index (χ0v) is 20.4. The van der Waals surface area contributed by atoms with Crippen LogP contribution in [0, 0.1) is 5.82 Å². The Labute approximate surface area is 210 Å². The van der Waals surface area contributed by atoms with Crippen LogP contribution in [-0.4, -0.2) is 22.0 Å². The SMILES string of the molecule is CC(C)(NC(=O)c1ccc2nc(-c3ccccc3)c(CCCCC(=O)O)cc2c1)c1ccc(F)cc1. The number of amides is 1. The highest BCUT2D eigenvalue weighted by Gasteiger charge is 2.24. The van der Waals surface area contributed by atoms with Crippen molar-refractivity contribution in [3.63, 3.8) is 0 Å². The molecule has 0 unspecified atom stereocenters. The maximum absolute atomic E-state index is 13.3. The summed E-state index contributed by atoms with van der Waals surface area (Å²) in [4.78, 5) is 29.0. The first-order valence-corrected chi connectivity index (χ1v) is 12.0. The average Bonchev–Trinajstić information content (AvgIpc) is 2.86. The quantitative estimate of drug-likeness (QED) is 0.266. The number of pyridine rings is 1. The van der Waals surface area contributed by atoms with Gasteiger partial charge in [-0.3, -0.25) is 9.59 Å². The Balaban J connectivity index is 1.63. The first-order valence-electron chi connectivity index (χ1n) is 12.0. The van der Waals surface area contributed by atoms with Crippen LogP contribution < -0.4 is 5.32 Å². The highest BCUT2D eigenvalue weighted by Crippen LogP contribution is 2.28. The third-order valence-electron chi connectivity index (χ3n) is 6.28. The molecular formula is C30H29FN2O3. The lowest BCUT2D eigenvalue weighted by molar-refractivity contribution is -0.137. The molecule has 0 fully saturated rings. The summed E-state index contributed by atoms with van der Waals surface area (Å²) in [7, 11) is 0. The fourth-order valence-corrected chi connectivity index (χ4v) is 4.28. The average molecular weight is 485 g/mol. The Kier molecular flexibility index (Phi) is 7.44. The highest BCUT2D eigenvalue weighted by molar-refractivity contribution is 5.98.